The van der Waals surface area contributed by atoms with E-state index >= 15 is 0 Å². The zero-order valence-electron chi connectivity index (χ0n) is 14.5. The predicted octanol–water partition coefficient (Wildman–Crippen LogP) is 2.92. The molecule has 2 rings (SSSR count). The van der Waals surface area contributed by atoms with E-state index in [0.717, 1.165) is 0 Å². The van der Waals surface area contributed by atoms with Crippen LogP contribution >= 0.6 is 0 Å². The van der Waals surface area contributed by atoms with E-state index in [1.165, 1.54) is 48.5 Å². The molecule has 0 aliphatic heterocycles. The molecule has 6 nitrogen and oxygen atoms in total. The van der Waals surface area contributed by atoms with Crippen molar-refractivity contribution in [3.63, 3.8) is 0 Å². The van der Waals surface area contributed by atoms with Crippen molar-refractivity contribution in [2.45, 2.75) is 31.2 Å². The minimum absolute atomic E-state index is 0.104. The number of ether oxygens (including phenoxy) is 1. The first-order valence-corrected chi connectivity index (χ1v) is 9.55. The number of hydrogen-bond acceptors (Lipinski definition) is 4. The highest BCUT2D eigenvalue weighted by Gasteiger charge is 2.15. The monoisotopic (exact) mass is 380 g/mol. The summed E-state index contributed by atoms with van der Waals surface area (Å²) < 4.78 is 44.7. The first kappa shape index (κ1) is 19.9. The van der Waals surface area contributed by atoms with Crippen molar-refractivity contribution in [3.05, 3.63) is 54.3 Å². The normalized spacial score (nSPS) is 11.4. The molecule has 0 aliphatic carbocycles. The number of anilines is 1. The molecule has 0 aromatic heterocycles. The average Bonchev–Trinajstić information content (AvgIpc) is 2.56. The van der Waals surface area contributed by atoms with E-state index in [0.29, 0.717) is 11.4 Å². The third kappa shape index (κ3) is 6.12. The predicted molar refractivity (Wildman–Crippen MR) is 97.0 cm³/mol. The summed E-state index contributed by atoms with van der Waals surface area (Å²) in [5, 5.41) is 2.66. The zero-order valence-corrected chi connectivity index (χ0v) is 15.3. The number of carbonyl (C=O) groups is 1. The van der Waals surface area contributed by atoms with Crippen LogP contribution < -0.4 is 14.8 Å². The van der Waals surface area contributed by atoms with Gasteiger partial charge in [0, 0.05) is 11.7 Å². The molecular weight excluding hydrogens is 359 g/mol. The summed E-state index contributed by atoms with van der Waals surface area (Å²) in [4.78, 5) is 12.0. The van der Waals surface area contributed by atoms with Gasteiger partial charge in [0.05, 0.1) is 17.9 Å². The maximum atomic E-state index is 12.8. The molecular formula is C18H21FN2O4S. The Kier molecular flexibility index (Phi) is 6.70. The van der Waals surface area contributed by atoms with Crippen molar-refractivity contribution in [1.82, 2.24) is 4.72 Å². The van der Waals surface area contributed by atoms with Crippen LogP contribution in [0.2, 0.25) is 0 Å². The molecule has 0 heterocycles. The molecule has 0 atom stereocenters. The average molecular weight is 380 g/mol. The van der Waals surface area contributed by atoms with Gasteiger partial charge in [0.2, 0.25) is 15.9 Å². The third-order valence-electron chi connectivity index (χ3n) is 3.25. The van der Waals surface area contributed by atoms with Gasteiger partial charge in [-0.1, -0.05) is 0 Å². The van der Waals surface area contributed by atoms with Gasteiger partial charge < -0.3 is 10.1 Å². The van der Waals surface area contributed by atoms with E-state index in [-0.39, 0.29) is 35.7 Å². The van der Waals surface area contributed by atoms with Crippen LogP contribution in [0.3, 0.4) is 0 Å². The number of carbonyl (C=O) groups excluding carboxylic acids is 1. The number of benzene rings is 2. The summed E-state index contributed by atoms with van der Waals surface area (Å²) in [5.74, 6) is -0.154. The second kappa shape index (κ2) is 8.77. The number of rotatable bonds is 8. The molecule has 0 saturated heterocycles. The summed E-state index contributed by atoms with van der Waals surface area (Å²) in [6.07, 6.45) is 0.104. The standard InChI is InChI=1S/C18H21FN2O4S/c1-13(2)21-26(23,24)17-9-5-15(6-10-17)20-18(22)11-12-25-16-7-3-14(19)4-8-16/h3-10,13,21H,11-12H2,1-2H3,(H,20,22). The molecule has 0 fully saturated rings. The Morgan fingerprint density at radius 2 is 1.69 bits per heavy atom. The first-order chi connectivity index (χ1) is 12.3. The highest BCUT2D eigenvalue weighted by Crippen LogP contribution is 2.15. The Bertz CT molecular complexity index is 834. The number of halogens is 1. The lowest BCUT2D eigenvalue weighted by atomic mass is 10.3. The van der Waals surface area contributed by atoms with Crippen LogP contribution in [0.25, 0.3) is 0 Å². The van der Waals surface area contributed by atoms with E-state index in [4.69, 9.17) is 4.74 Å². The molecule has 140 valence electrons. The fourth-order valence-electron chi connectivity index (χ4n) is 2.11. The highest BCUT2D eigenvalue weighted by atomic mass is 32.2. The van der Waals surface area contributed by atoms with Crippen LogP contribution in [0.4, 0.5) is 10.1 Å². The van der Waals surface area contributed by atoms with Crippen LogP contribution in [0.15, 0.2) is 53.4 Å². The summed E-state index contributed by atoms with van der Waals surface area (Å²) in [7, 11) is -3.56. The van der Waals surface area contributed by atoms with Crippen LogP contribution in [-0.4, -0.2) is 27.0 Å². The molecule has 2 N–H and O–H groups in total. The van der Waals surface area contributed by atoms with E-state index in [1.807, 2.05) is 0 Å². The summed E-state index contributed by atoms with van der Waals surface area (Å²) in [5.41, 5.74) is 0.486. The minimum atomic E-state index is -3.56. The van der Waals surface area contributed by atoms with Gasteiger partial charge in [-0.3, -0.25) is 4.79 Å². The Morgan fingerprint density at radius 3 is 2.27 bits per heavy atom. The lowest BCUT2D eigenvalue weighted by Crippen LogP contribution is -2.30. The van der Waals surface area contributed by atoms with Crippen molar-refractivity contribution in [2.24, 2.45) is 0 Å². The van der Waals surface area contributed by atoms with Gasteiger partial charge in [-0.05, 0) is 62.4 Å². The van der Waals surface area contributed by atoms with Gasteiger partial charge in [-0.15, -0.1) is 0 Å². The first-order valence-electron chi connectivity index (χ1n) is 8.07. The number of sulfonamides is 1. The molecule has 0 spiro atoms. The zero-order chi connectivity index (χ0) is 19.2. The van der Waals surface area contributed by atoms with Gasteiger partial charge in [0.25, 0.3) is 0 Å². The van der Waals surface area contributed by atoms with Crippen LogP contribution in [0.1, 0.15) is 20.3 Å². The van der Waals surface area contributed by atoms with Crippen molar-refractivity contribution >= 4 is 21.6 Å². The SMILES string of the molecule is CC(C)NS(=O)(=O)c1ccc(NC(=O)CCOc2ccc(F)cc2)cc1. The lowest BCUT2D eigenvalue weighted by Gasteiger charge is -2.11. The summed E-state index contributed by atoms with van der Waals surface area (Å²) in [6, 6.07) is 11.2. The molecule has 0 unspecified atom stereocenters. The second-order valence-electron chi connectivity index (χ2n) is 5.90. The van der Waals surface area contributed by atoms with E-state index in [9.17, 15) is 17.6 Å². The molecule has 2 aromatic rings. The number of nitrogens with one attached hydrogen (secondary N) is 2. The van der Waals surface area contributed by atoms with E-state index in [1.54, 1.807) is 13.8 Å². The summed E-state index contributed by atoms with van der Waals surface area (Å²) in [6.45, 7) is 3.61. The van der Waals surface area contributed by atoms with Crippen LogP contribution in [-0.2, 0) is 14.8 Å². The smallest absolute Gasteiger partial charge is 0.240 e. The Labute approximate surface area is 152 Å². The number of amides is 1. The second-order valence-corrected chi connectivity index (χ2v) is 7.61. The maximum absolute atomic E-state index is 12.8. The lowest BCUT2D eigenvalue weighted by molar-refractivity contribution is -0.116. The molecule has 0 bridgehead atoms. The van der Waals surface area contributed by atoms with E-state index in [2.05, 4.69) is 10.0 Å². The van der Waals surface area contributed by atoms with Crippen LogP contribution in [0.5, 0.6) is 5.75 Å². The van der Waals surface area contributed by atoms with Crippen molar-refractivity contribution in [2.75, 3.05) is 11.9 Å². The maximum Gasteiger partial charge on any atom is 0.240 e. The Morgan fingerprint density at radius 1 is 1.08 bits per heavy atom. The molecule has 0 radical (unpaired) electrons. The van der Waals surface area contributed by atoms with Gasteiger partial charge in [-0.2, -0.15) is 0 Å². The molecule has 1 amide bonds. The quantitative estimate of drug-likeness (QED) is 0.737. The Balaban J connectivity index is 1.84. The number of hydrogen-bond donors (Lipinski definition) is 2. The topological polar surface area (TPSA) is 84.5 Å². The molecule has 8 heteroatoms. The van der Waals surface area contributed by atoms with Gasteiger partial charge in [-0.25, -0.2) is 17.5 Å². The van der Waals surface area contributed by atoms with Gasteiger partial charge >= 0.3 is 0 Å². The fraction of sp³-hybridized carbons (Fsp3) is 0.278. The highest BCUT2D eigenvalue weighted by molar-refractivity contribution is 7.89. The van der Waals surface area contributed by atoms with Crippen LogP contribution in [0, 0.1) is 5.82 Å². The fourth-order valence-corrected chi connectivity index (χ4v) is 3.36. The third-order valence-corrected chi connectivity index (χ3v) is 4.93. The Hall–Kier alpha value is -2.45. The van der Waals surface area contributed by atoms with Gasteiger partial charge in [0.15, 0.2) is 0 Å². The molecule has 0 saturated carbocycles. The van der Waals surface area contributed by atoms with Crippen molar-refractivity contribution < 1.29 is 22.3 Å². The molecule has 0 aliphatic rings. The van der Waals surface area contributed by atoms with E-state index < -0.39 is 10.0 Å². The summed E-state index contributed by atoms with van der Waals surface area (Å²) >= 11 is 0. The largest absolute Gasteiger partial charge is 0.493 e. The minimum Gasteiger partial charge on any atom is -0.493 e. The van der Waals surface area contributed by atoms with Crippen molar-refractivity contribution in [3.8, 4) is 5.75 Å². The van der Waals surface area contributed by atoms with Gasteiger partial charge in [0.1, 0.15) is 11.6 Å². The molecule has 26 heavy (non-hydrogen) atoms. The van der Waals surface area contributed by atoms with Crippen molar-refractivity contribution in [1.29, 1.82) is 0 Å². The molecule has 2 aromatic carbocycles.